The van der Waals surface area contributed by atoms with E-state index in [0.717, 1.165) is 12.8 Å². The Labute approximate surface area is 103 Å². The summed E-state index contributed by atoms with van der Waals surface area (Å²) in [5, 5.41) is 0. The van der Waals surface area contributed by atoms with Crippen molar-refractivity contribution < 1.29 is 9.47 Å². The maximum absolute atomic E-state index is 5.83. The lowest BCUT2D eigenvalue weighted by Crippen LogP contribution is -2.29. The molecule has 1 fully saturated rings. The SMILES string of the molecule is C=C[C@H]1CCCC(COCc2ccccc2)O1. The average Bonchev–Trinajstić information content (AvgIpc) is 2.40. The number of rotatable bonds is 5. The zero-order valence-electron chi connectivity index (χ0n) is 10.2. The molecule has 1 heterocycles. The molecule has 0 amide bonds. The summed E-state index contributed by atoms with van der Waals surface area (Å²) in [4.78, 5) is 0. The van der Waals surface area contributed by atoms with Crippen LogP contribution in [0.15, 0.2) is 43.0 Å². The maximum Gasteiger partial charge on any atom is 0.0816 e. The molecule has 0 radical (unpaired) electrons. The van der Waals surface area contributed by atoms with Crippen molar-refractivity contribution in [2.24, 2.45) is 0 Å². The first-order valence-corrected chi connectivity index (χ1v) is 6.28. The molecule has 0 bridgehead atoms. The van der Waals surface area contributed by atoms with Crippen LogP contribution in [0.25, 0.3) is 0 Å². The number of ether oxygens (including phenoxy) is 2. The predicted octanol–water partition coefficient (Wildman–Crippen LogP) is 3.33. The molecule has 92 valence electrons. The van der Waals surface area contributed by atoms with Crippen LogP contribution in [-0.4, -0.2) is 18.8 Å². The Hall–Kier alpha value is -1.12. The Balaban J connectivity index is 1.70. The van der Waals surface area contributed by atoms with Crippen molar-refractivity contribution in [1.29, 1.82) is 0 Å². The van der Waals surface area contributed by atoms with E-state index in [1.807, 2.05) is 24.3 Å². The highest BCUT2D eigenvalue weighted by molar-refractivity contribution is 5.13. The number of hydrogen-bond acceptors (Lipinski definition) is 2. The van der Waals surface area contributed by atoms with Gasteiger partial charge in [0.25, 0.3) is 0 Å². The third-order valence-corrected chi connectivity index (χ3v) is 3.06. The van der Waals surface area contributed by atoms with Crippen LogP contribution in [0, 0.1) is 0 Å². The fourth-order valence-corrected chi connectivity index (χ4v) is 2.11. The quantitative estimate of drug-likeness (QED) is 0.725. The number of hydrogen-bond donors (Lipinski definition) is 0. The van der Waals surface area contributed by atoms with E-state index >= 15 is 0 Å². The highest BCUT2D eigenvalue weighted by Crippen LogP contribution is 2.20. The molecule has 0 N–H and O–H groups in total. The monoisotopic (exact) mass is 232 g/mol. The molecule has 1 aliphatic heterocycles. The van der Waals surface area contributed by atoms with E-state index in [2.05, 4.69) is 18.7 Å². The van der Waals surface area contributed by atoms with Gasteiger partial charge in [0.1, 0.15) is 0 Å². The minimum absolute atomic E-state index is 0.217. The molecule has 2 rings (SSSR count). The minimum Gasteiger partial charge on any atom is -0.374 e. The van der Waals surface area contributed by atoms with E-state index in [4.69, 9.17) is 9.47 Å². The van der Waals surface area contributed by atoms with Crippen LogP contribution in [0.1, 0.15) is 24.8 Å². The maximum atomic E-state index is 5.83. The molecule has 1 aromatic carbocycles. The lowest BCUT2D eigenvalue weighted by molar-refractivity contribution is -0.0714. The van der Waals surface area contributed by atoms with E-state index in [1.54, 1.807) is 0 Å². The van der Waals surface area contributed by atoms with Gasteiger partial charge in [0.2, 0.25) is 0 Å². The van der Waals surface area contributed by atoms with Crippen LogP contribution in [0.2, 0.25) is 0 Å². The van der Waals surface area contributed by atoms with Gasteiger partial charge in [0.15, 0.2) is 0 Å². The second-order valence-corrected chi connectivity index (χ2v) is 4.46. The van der Waals surface area contributed by atoms with E-state index < -0.39 is 0 Å². The fourth-order valence-electron chi connectivity index (χ4n) is 2.11. The Bertz CT molecular complexity index is 334. The van der Waals surface area contributed by atoms with Crippen molar-refractivity contribution in [3.63, 3.8) is 0 Å². The summed E-state index contributed by atoms with van der Waals surface area (Å²) in [6.45, 7) is 5.13. The molecular formula is C15H20O2. The van der Waals surface area contributed by atoms with Crippen molar-refractivity contribution >= 4 is 0 Å². The van der Waals surface area contributed by atoms with E-state index in [9.17, 15) is 0 Å². The molecule has 1 aliphatic rings. The molecule has 1 aromatic rings. The molecule has 1 saturated heterocycles. The minimum atomic E-state index is 0.217. The zero-order valence-corrected chi connectivity index (χ0v) is 10.2. The van der Waals surface area contributed by atoms with E-state index in [1.165, 1.54) is 12.0 Å². The van der Waals surface area contributed by atoms with Gasteiger partial charge in [-0.2, -0.15) is 0 Å². The molecule has 17 heavy (non-hydrogen) atoms. The van der Waals surface area contributed by atoms with Crippen molar-refractivity contribution in [3.8, 4) is 0 Å². The van der Waals surface area contributed by atoms with Crippen molar-refractivity contribution in [1.82, 2.24) is 0 Å². The lowest BCUT2D eigenvalue weighted by Gasteiger charge is -2.28. The zero-order chi connectivity index (χ0) is 11.9. The van der Waals surface area contributed by atoms with Crippen LogP contribution in [0.5, 0.6) is 0 Å². The fraction of sp³-hybridized carbons (Fsp3) is 0.467. The highest BCUT2D eigenvalue weighted by atomic mass is 16.5. The normalized spacial score (nSPS) is 24.5. The van der Waals surface area contributed by atoms with Crippen LogP contribution < -0.4 is 0 Å². The van der Waals surface area contributed by atoms with Gasteiger partial charge in [-0.25, -0.2) is 0 Å². The Morgan fingerprint density at radius 1 is 1.29 bits per heavy atom. The molecule has 2 heteroatoms. The Kier molecular flexibility index (Phi) is 4.77. The Morgan fingerprint density at radius 3 is 2.88 bits per heavy atom. The summed E-state index contributed by atoms with van der Waals surface area (Å²) in [6, 6.07) is 10.2. The van der Waals surface area contributed by atoms with E-state index in [0.29, 0.717) is 13.2 Å². The summed E-state index contributed by atoms with van der Waals surface area (Å²) in [5.74, 6) is 0. The molecule has 0 saturated carbocycles. The van der Waals surface area contributed by atoms with Gasteiger partial charge in [0.05, 0.1) is 25.4 Å². The second kappa shape index (κ2) is 6.58. The molecular weight excluding hydrogens is 212 g/mol. The van der Waals surface area contributed by atoms with Gasteiger partial charge in [-0.3, -0.25) is 0 Å². The standard InChI is InChI=1S/C15H20O2/c1-2-14-9-6-10-15(17-14)12-16-11-13-7-4-3-5-8-13/h2-5,7-8,14-15H,1,6,9-12H2/t14-,15?/m0/s1. The highest BCUT2D eigenvalue weighted by Gasteiger charge is 2.20. The van der Waals surface area contributed by atoms with Crippen molar-refractivity contribution in [2.45, 2.75) is 38.1 Å². The van der Waals surface area contributed by atoms with Crippen molar-refractivity contribution in [3.05, 3.63) is 48.6 Å². The Morgan fingerprint density at radius 2 is 2.12 bits per heavy atom. The van der Waals surface area contributed by atoms with Gasteiger partial charge in [-0.15, -0.1) is 6.58 Å². The van der Waals surface area contributed by atoms with Gasteiger partial charge in [-0.1, -0.05) is 36.4 Å². The molecule has 0 aliphatic carbocycles. The van der Waals surface area contributed by atoms with Crippen LogP contribution in [0.4, 0.5) is 0 Å². The molecule has 2 nitrogen and oxygen atoms in total. The summed E-state index contributed by atoms with van der Waals surface area (Å²) >= 11 is 0. The molecule has 0 aromatic heterocycles. The summed E-state index contributed by atoms with van der Waals surface area (Å²) in [7, 11) is 0. The average molecular weight is 232 g/mol. The third-order valence-electron chi connectivity index (χ3n) is 3.06. The van der Waals surface area contributed by atoms with E-state index in [-0.39, 0.29) is 12.2 Å². The van der Waals surface area contributed by atoms with Gasteiger partial charge < -0.3 is 9.47 Å². The first kappa shape index (κ1) is 12.3. The largest absolute Gasteiger partial charge is 0.374 e. The second-order valence-electron chi connectivity index (χ2n) is 4.46. The first-order valence-electron chi connectivity index (χ1n) is 6.28. The third kappa shape index (κ3) is 3.99. The summed E-state index contributed by atoms with van der Waals surface area (Å²) in [5.41, 5.74) is 1.21. The van der Waals surface area contributed by atoms with Gasteiger partial charge in [0, 0.05) is 0 Å². The molecule has 2 atom stereocenters. The molecule has 0 spiro atoms. The van der Waals surface area contributed by atoms with Crippen molar-refractivity contribution in [2.75, 3.05) is 6.61 Å². The summed E-state index contributed by atoms with van der Waals surface area (Å²) in [6.07, 6.45) is 5.74. The lowest BCUT2D eigenvalue weighted by atomic mass is 10.0. The molecule has 1 unspecified atom stereocenters. The van der Waals surface area contributed by atoms with Crippen LogP contribution in [-0.2, 0) is 16.1 Å². The topological polar surface area (TPSA) is 18.5 Å². The number of benzene rings is 1. The van der Waals surface area contributed by atoms with Gasteiger partial charge in [-0.05, 0) is 24.8 Å². The summed E-state index contributed by atoms with van der Waals surface area (Å²) < 4.78 is 11.5. The smallest absolute Gasteiger partial charge is 0.0816 e. The van der Waals surface area contributed by atoms with Crippen LogP contribution >= 0.6 is 0 Å². The predicted molar refractivity (Wildman–Crippen MR) is 68.8 cm³/mol. The van der Waals surface area contributed by atoms with Gasteiger partial charge >= 0.3 is 0 Å². The van der Waals surface area contributed by atoms with Crippen LogP contribution in [0.3, 0.4) is 0 Å². The first-order chi connectivity index (χ1) is 8.38.